The second-order valence-corrected chi connectivity index (χ2v) is 10.5. The van der Waals surface area contributed by atoms with E-state index in [4.69, 9.17) is 10.5 Å². The van der Waals surface area contributed by atoms with Crippen LogP contribution in [0.3, 0.4) is 0 Å². The standard InChI is InChI=1S/C30H29FN8O3/c31-23-14-19(36-29(40)26-25-16-42-13-12-37(25)39(30(26)41)20-4-2-1-3-5-20)6-7-21(23)22-15-24(18-8-10-33-11-9-18)38-27(22)28(32)34-17-35-38/h1-7,14-15,17-18,33H,8-13,16H2,(H,36,40)(H2,32,34,35). The Hall–Kier alpha value is -4.81. The lowest BCUT2D eigenvalue weighted by Crippen LogP contribution is -2.27. The Morgan fingerprint density at radius 3 is 2.69 bits per heavy atom. The van der Waals surface area contributed by atoms with E-state index < -0.39 is 17.3 Å². The SMILES string of the molecule is Nc1ncnn2c(C3CCNCC3)cc(-c3ccc(NC(=O)c4c5n(n(-c6ccccc6)c4=O)CCOC5)cc3F)c12. The third kappa shape index (κ3) is 4.35. The summed E-state index contributed by atoms with van der Waals surface area (Å²) in [5.74, 6) is -0.673. The molecule has 0 saturated carbocycles. The van der Waals surface area contributed by atoms with E-state index in [1.165, 1.54) is 17.1 Å². The van der Waals surface area contributed by atoms with Gasteiger partial charge in [0.15, 0.2) is 5.82 Å². The van der Waals surface area contributed by atoms with Crippen LogP contribution in [0.2, 0.25) is 0 Å². The topological polar surface area (TPSA) is 134 Å². The number of carbonyl (C=O) groups excluding carboxylic acids is 1. The van der Waals surface area contributed by atoms with Gasteiger partial charge in [-0.3, -0.25) is 14.3 Å². The summed E-state index contributed by atoms with van der Waals surface area (Å²) in [6.07, 6.45) is 3.27. The maximum atomic E-state index is 15.7. The van der Waals surface area contributed by atoms with Gasteiger partial charge in [0.1, 0.15) is 23.2 Å². The quantitative estimate of drug-likeness (QED) is 0.296. The summed E-state index contributed by atoms with van der Waals surface area (Å²) in [5, 5.41) is 10.5. The van der Waals surface area contributed by atoms with Gasteiger partial charge in [0.2, 0.25) is 0 Å². The van der Waals surface area contributed by atoms with Crippen LogP contribution in [-0.2, 0) is 17.9 Å². The molecule has 0 radical (unpaired) electrons. The molecule has 1 fully saturated rings. The number of anilines is 2. The Morgan fingerprint density at radius 1 is 1.10 bits per heavy atom. The highest BCUT2D eigenvalue weighted by Crippen LogP contribution is 2.37. The van der Waals surface area contributed by atoms with Crippen molar-refractivity contribution in [3.05, 3.63) is 94.0 Å². The number of nitrogens with one attached hydrogen (secondary N) is 2. The second-order valence-electron chi connectivity index (χ2n) is 10.5. The number of ether oxygens (including phenoxy) is 1. The molecule has 2 aliphatic rings. The van der Waals surface area contributed by atoms with Gasteiger partial charge in [-0.2, -0.15) is 5.10 Å². The van der Waals surface area contributed by atoms with Crippen molar-refractivity contribution < 1.29 is 13.9 Å². The van der Waals surface area contributed by atoms with E-state index in [2.05, 4.69) is 20.7 Å². The van der Waals surface area contributed by atoms with Crippen LogP contribution in [0.25, 0.3) is 22.3 Å². The average Bonchev–Trinajstić information content (AvgIpc) is 3.54. The van der Waals surface area contributed by atoms with Crippen molar-refractivity contribution in [3.63, 3.8) is 0 Å². The molecule has 2 aliphatic heterocycles. The highest BCUT2D eigenvalue weighted by molar-refractivity contribution is 6.05. The number of halogens is 1. The molecule has 4 N–H and O–H groups in total. The first-order valence-corrected chi connectivity index (χ1v) is 13.9. The first-order valence-electron chi connectivity index (χ1n) is 13.9. The number of para-hydroxylation sites is 1. The molecule has 0 atom stereocenters. The van der Waals surface area contributed by atoms with Crippen molar-refractivity contribution in [2.24, 2.45) is 0 Å². The van der Waals surface area contributed by atoms with Gasteiger partial charge in [-0.15, -0.1) is 0 Å². The number of amides is 1. The molecule has 214 valence electrons. The van der Waals surface area contributed by atoms with Gasteiger partial charge in [-0.05, 0) is 62.3 Å². The monoisotopic (exact) mass is 568 g/mol. The van der Waals surface area contributed by atoms with E-state index in [0.29, 0.717) is 41.2 Å². The van der Waals surface area contributed by atoms with Crippen LogP contribution in [0.15, 0.2) is 65.7 Å². The molecule has 12 heteroatoms. The molecule has 42 heavy (non-hydrogen) atoms. The fourth-order valence-electron chi connectivity index (χ4n) is 6.06. The number of piperidine rings is 1. The highest BCUT2D eigenvalue weighted by Gasteiger charge is 2.29. The molecular weight excluding hydrogens is 539 g/mol. The summed E-state index contributed by atoms with van der Waals surface area (Å²) in [6, 6.07) is 15.5. The summed E-state index contributed by atoms with van der Waals surface area (Å²) >= 11 is 0. The fourth-order valence-corrected chi connectivity index (χ4v) is 6.06. The van der Waals surface area contributed by atoms with E-state index in [-0.39, 0.29) is 29.6 Å². The number of hydrogen-bond donors (Lipinski definition) is 3. The molecule has 0 bridgehead atoms. The molecule has 11 nitrogen and oxygen atoms in total. The van der Waals surface area contributed by atoms with Crippen molar-refractivity contribution in [2.75, 3.05) is 30.7 Å². The fraction of sp³-hybridized carbons (Fsp3) is 0.267. The zero-order chi connectivity index (χ0) is 28.8. The first-order chi connectivity index (χ1) is 20.5. The summed E-state index contributed by atoms with van der Waals surface area (Å²) in [5.41, 5.74) is 9.51. The van der Waals surface area contributed by atoms with Gasteiger partial charge in [-0.25, -0.2) is 18.6 Å². The van der Waals surface area contributed by atoms with Crippen LogP contribution in [0, 0.1) is 5.82 Å². The number of hydrogen-bond acceptors (Lipinski definition) is 7. The molecular formula is C30H29FN8O3. The summed E-state index contributed by atoms with van der Waals surface area (Å²) < 4.78 is 26.3. The Labute approximate surface area is 239 Å². The third-order valence-electron chi connectivity index (χ3n) is 8.05. The molecule has 0 unspecified atom stereocenters. The maximum absolute atomic E-state index is 15.7. The number of rotatable bonds is 5. The van der Waals surface area contributed by atoms with Gasteiger partial charge in [0.05, 0.1) is 31.1 Å². The second kappa shape index (κ2) is 10.5. The summed E-state index contributed by atoms with van der Waals surface area (Å²) in [4.78, 5) is 31.1. The number of aromatic nitrogens is 5. The van der Waals surface area contributed by atoms with Gasteiger partial charge < -0.3 is 21.1 Å². The van der Waals surface area contributed by atoms with Crippen molar-refractivity contribution in [2.45, 2.75) is 31.9 Å². The normalized spacial score (nSPS) is 15.5. The number of nitrogens with zero attached hydrogens (tertiary/aromatic N) is 5. The average molecular weight is 569 g/mol. The molecule has 2 aromatic carbocycles. The Balaban J connectivity index is 1.23. The van der Waals surface area contributed by atoms with Gasteiger partial charge in [0.25, 0.3) is 11.5 Å². The Morgan fingerprint density at radius 2 is 1.90 bits per heavy atom. The largest absolute Gasteiger partial charge is 0.382 e. The van der Waals surface area contributed by atoms with E-state index >= 15 is 4.39 Å². The summed E-state index contributed by atoms with van der Waals surface area (Å²) in [6.45, 7) is 2.75. The zero-order valence-corrected chi connectivity index (χ0v) is 22.7. The van der Waals surface area contributed by atoms with Crippen molar-refractivity contribution in [3.8, 4) is 16.8 Å². The number of nitrogens with two attached hydrogens (primary N) is 1. The number of nitrogen functional groups attached to an aromatic ring is 1. The van der Waals surface area contributed by atoms with E-state index in [1.54, 1.807) is 33.5 Å². The molecule has 1 amide bonds. The number of benzene rings is 2. The first kappa shape index (κ1) is 26.1. The highest BCUT2D eigenvalue weighted by atomic mass is 19.1. The molecule has 0 aliphatic carbocycles. The van der Waals surface area contributed by atoms with Crippen LogP contribution in [0.1, 0.15) is 40.5 Å². The molecule has 1 saturated heterocycles. The predicted octanol–water partition coefficient (Wildman–Crippen LogP) is 3.32. The Bertz CT molecular complexity index is 1870. The van der Waals surface area contributed by atoms with Crippen LogP contribution >= 0.6 is 0 Å². The number of carbonyl (C=O) groups is 1. The van der Waals surface area contributed by atoms with Crippen LogP contribution < -0.4 is 21.9 Å². The number of fused-ring (bicyclic) bond motifs is 2. The zero-order valence-electron chi connectivity index (χ0n) is 22.7. The molecule has 5 aromatic rings. The lowest BCUT2D eigenvalue weighted by Gasteiger charge is -2.22. The maximum Gasteiger partial charge on any atom is 0.284 e. The van der Waals surface area contributed by atoms with Gasteiger partial charge in [-0.1, -0.05) is 18.2 Å². The lowest BCUT2D eigenvalue weighted by atomic mass is 9.94. The Kier molecular flexibility index (Phi) is 6.56. The van der Waals surface area contributed by atoms with Gasteiger partial charge >= 0.3 is 0 Å². The van der Waals surface area contributed by atoms with Crippen LogP contribution in [-0.4, -0.2) is 49.6 Å². The van der Waals surface area contributed by atoms with Crippen LogP contribution in [0.4, 0.5) is 15.9 Å². The smallest absolute Gasteiger partial charge is 0.284 e. The predicted molar refractivity (Wildman–Crippen MR) is 155 cm³/mol. The van der Waals surface area contributed by atoms with Gasteiger partial charge in [0, 0.05) is 28.4 Å². The minimum absolute atomic E-state index is 0.0296. The third-order valence-corrected chi connectivity index (χ3v) is 8.05. The lowest BCUT2D eigenvalue weighted by molar-refractivity contribution is 0.0756. The van der Waals surface area contributed by atoms with Crippen molar-refractivity contribution in [1.82, 2.24) is 29.3 Å². The van der Waals surface area contributed by atoms with E-state index in [0.717, 1.165) is 31.6 Å². The molecule has 0 spiro atoms. The van der Waals surface area contributed by atoms with Crippen molar-refractivity contribution >= 4 is 22.9 Å². The molecule has 7 rings (SSSR count). The minimum atomic E-state index is -0.628. The van der Waals surface area contributed by atoms with E-state index in [1.807, 2.05) is 24.3 Å². The molecule has 3 aromatic heterocycles. The van der Waals surface area contributed by atoms with E-state index in [9.17, 15) is 9.59 Å². The van der Waals surface area contributed by atoms with Crippen molar-refractivity contribution in [1.29, 1.82) is 0 Å². The van der Waals surface area contributed by atoms with Crippen LogP contribution in [0.5, 0.6) is 0 Å². The minimum Gasteiger partial charge on any atom is -0.382 e. The molecule has 5 heterocycles. The summed E-state index contributed by atoms with van der Waals surface area (Å²) in [7, 11) is 0.